The number of halogens is 1. The van der Waals surface area contributed by atoms with Crippen LogP contribution in [0.5, 0.6) is 0 Å². The number of methoxy groups -OCH3 is 1. The number of nitrogens with one attached hydrogen (secondary N) is 1. The van der Waals surface area contributed by atoms with Gasteiger partial charge in [-0.1, -0.05) is 12.8 Å². The van der Waals surface area contributed by atoms with Gasteiger partial charge in [-0.25, -0.2) is 0 Å². The van der Waals surface area contributed by atoms with Gasteiger partial charge in [-0.2, -0.15) is 0 Å². The molecule has 2 aliphatic heterocycles. The maximum atomic E-state index is 5.68. The van der Waals surface area contributed by atoms with Crippen LogP contribution in [0.1, 0.15) is 44.9 Å². The van der Waals surface area contributed by atoms with Crippen molar-refractivity contribution in [2.75, 3.05) is 73.2 Å². The number of unbranched alkanes of at least 4 members (excludes halogenated alkanes) is 2. The van der Waals surface area contributed by atoms with Gasteiger partial charge in [0.25, 0.3) is 0 Å². The number of rotatable bonds is 11. The molecule has 2 heterocycles. The van der Waals surface area contributed by atoms with Crippen LogP contribution in [0, 0.1) is 5.92 Å². The zero-order valence-corrected chi connectivity index (χ0v) is 19.8. The first-order valence-corrected chi connectivity index (χ1v) is 10.6. The summed E-state index contributed by atoms with van der Waals surface area (Å²) in [6.45, 7) is 9.26. The number of nitrogens with zero attached hydrogens (tertiary/aromatic N) is 3. The smallest absolute Gasteiger partial charge is 0.193 e. The standard InChI is InChI=1S/C20H40N4O2.HI/c1-21-20(24-14-9-19(17-24)18-26-16-15-25-2)22-10-5-3-6-11-23-12-7-4-8-13-23;/h19H,3-18H2,1-2H3,(H,21,22);1H. The SMILES string of the molecule is CN=C(NCCCCCN1CCCCC1)N1CCC(COCCOC)C1.I. The molecule has 2 rings (SSSR count). The maximum Gasteiger partial charge on any atom is 0.193 e. The Morgan fingerprint density at radius 2 is 1.89 bits per heavy atom. The lowest BCUT2D eigenvalue weighted by molar-refractivity contribution is 0.0536. The van der Waals surface area contributed by atoms with Crippen LogP contribution in [-0.2, 0) is 9.47 Å². The summed E-state index contributed by atoms with van der Waals surface area (Å²) in [5.74, 6) is 1.66. The predicted molar refractivity (Wildman–Crippen MR) is 123 cm³/mol. The van der Waals surface area contributed by atoms with E-state index in [-0.39, 0.29) is 24.0 Å². The molecule has 0 amide bonds. The highest BCUT2D eigenvalue weighted by Crippen LogP contribution is 2.16. The molecule has 0 bridgehead atoms. The highest BCUT2D eigenvalue weighted by molar-refractivity contribution is 14.0. The third kappa shape index (κ3) is 10.3. The molecule has 0 aromatic carbocycles. The van der Waals surface area contributed by atoms with E-state index in [1.54, 1.807) is 7.11 Å². The summed E-state index contributed by atoms with van der Waals surface area (Å²) in [5.41, 5.74) is 0. The van der Waals surface area contributed by atoms with Crippen LogP contribution in [0.25, 0.3) is 0 Å². The molecule has 0 saturated carbocycles. The van der Waals surface area contributed by atoms with Gasteiger partial charge < -0.3 is 24.6 Å². The normalized spacial score (nSPS) is 21.3. The number of aliphatic imine (C=N–C) groups is 1. The van der Waals surface area contributed by atoms with Crippen molar-refractivity contribution in [1.29, 1.82) is 0 Å². The number of guanidine groups is 1. The van der Waals surface area contributed by atoms with Crippen molar-refractivity contribution in [1.82, 2.24) is 15.1 Å². The monoisotopic (exact) mass is 496 g/mol. The molecule has 1 unspecified atom stereocenters. The molecular formula is C20H41IN4O2. The van der Waals surface area contributed by atoms with Gasteiger partial charge in [0, 0.05) is 39.7 Å². The number of piperidine rings is 1. The largest absolute Gasteiger partial charge is 0.382 e. The average Bonchev–Trinajstić information content (AvgIpc) is 3.14. The number of likely N-dealkylation sites (tertiary alicyclic amines) is 2. The molecule has 1 atom stereocenters. The highest BCUT2D eigenvalue weighted by Gasteiger charge is 2.24. The summed E-state index contributed by atoms with van der Waals surface area (Å²) in [6.07, 6.45) is 9.25. The van der Waals surface area contributed by atoms with Gasteiger partial charge in [-0.05, 0) is 51.7 Å². The Bertz CT molecular complexity index is 392. The first-order chi connectivity index (χ1) is 12.8. The molecule has 7 heteroatoms. The summed E-state index contributed by atoms with van der Waals surface area (Å²) in [5, 5.41) is 3.55. The quantitative estimate of drug-likeness (QED) is 0.206. The molecule has 2 saturated heterocycles. The third-order valence-electron chi connectivity index (χ3n) is 5.47. The molecule has 0 aromatic heterocycles. The first-order valence-electron chi connectivity index (χ1n) is 10.6. The molecule has 2 fully saturated rings. The third-order valence-corrected chi connectivity index (χ3v) is 5.47. The Labute approximate surface area is 183 Å². The lowest BCUT2D eigenvalue weighted by Gasteiger charge is -2.26. The van der Waals surface area contributed by atoms with Gasteiger partial charge in [-0.3, -0.25) is 4.99 Å². The zero-order valence-electron chi connectivity index (χ0n) is 17.5. The van der Waals surface area contributed by atoms with Gasteiger partial charge in [-0.15, -0.1) is 24.0 Å². The Hall–Kier alpha value is -0.120. The zero-order chi connectivity index (χ0) is 18.5. The summed E-state index contributed by atoms with van der Waals surface area (Å²) >= 11 is 0. The Morgan fingerprint density at radius 1 is 1.07 bits per heavy atom. The van der Waals surface area contributed by atoms with Gasteiger partial charge >= 0.3 is 0 Å². The van der Waals surface area contributed by atoms with Crippen molar-refractivity contribution < 1.29 is 9.47 Å². The Balaban J connectivity index is 0.00000364. The molecule has 27 heavy (non-hydrogen) atoms. The van der Waals surface area contributed by atoms with E-state index in [0.29, 0.717) is 19.1 Å². The lowest BCUT2D eigenvalue weighted by Crippen LogP contribution is -2.40. The molecule has 0 radical (unpaired) electrons. The van der Waals surface area contributed by atoms with Crippen molar-refractivity contribution in [2.45, 2.75) is 44.9 Å². The second-order valence-corrected chi connectivity index (χ2v) is 7.61. The Kier molecular flexibility index (Phi) is 14.5. The summed E-state index contributed by atoms with van der Waals surface area (Å²) in [4.78, 5) is 9.47. The van der Waals surface area contributed by atoms with Crippen molar-refractivity contribution >= 4 is 29.9 Å². The van der Waals surface area contributed by atoms with Crippen LogP contribution in [0.15, 0.2) is 4.99 Å². The van der Waals surface area contributed by atoms with E-state index in [1.165, 1.54) is 64.6 Å². The molecule has 0 aliphatic carbocycles. The van der Waals surface area contributed by atoms with E-state index in [0.717, 1.165) is 32.2 Å². The van der Waals surface area contributed by atoms with Crippen LogP contribution in [0.4, 0.5) is 0 Å². The molecule has 0 aromatic rings. The fourth-order valence-corrected chi connectivity index (χ4v) is 3.91. The van der Waals surface area contributed by atoms with Gasteiger partial charge in [0.05, 0.1) is 19.8 Å². The molecule has 1 N–H and O–H groups in total. The maximum absolute atomic E-state index is 5.68. The van der Waals surface area contributed by atoms with E-state index < -0.39 is 0 Å². The van der Waals surface area contributed by atoms with Gasteiger partial charge in [0.15, 0.2) is 5.96 Å². The summed E-state index contributed by atoms with van der Waals surface area (Å²) in [7, 11) is 3.60. The van der Waals surface area contributed by atoms with Crippen LogP contribution in [0.3, 0.4) is 0 Å². The second kappa shape index (κ2) is 15.8. The fourth-order valence-electron chi connectivity index (χ4n) is 3.91. The van der Waals surface area contributed by atoms with Crippen molar-refractivity contribution in [3.63, 3.8) is 0 Å². The van der Waals surface area contributed by atoms with Crippen molar-refractivity contribution in [3.05, 3.63) is 0 Å². The minimum atomic E-state index is 0. The lowest BCUT2D eigenvalue weighted by atomic mass is 10.1. The van der Waals surface area contributed by atoms with E-state index in [1.807, 2.05) is 7.05 Å². The molecule has 2 aliphatic rings. The van der Waals surface area contributed by atoms with Gasteiger partial charge in [0.1, 0.15) is 0 Å². The van der Waals surface area contributed by atoms with Crippen LogP contribution < -0.4 is 5.32 Å². The number of ether oxygens (including phenoxy) is 2. The molecule has 160 valence electrons. The van der Waals surface area contributed by atoms with E-state index in [4.69, 9.17) is 9.47 Å². The predicted octanol–water partition coefficient (Wildman–Crippen LogP) is 2.82. The van der Waals surface area contributed by atoms with E-state index in [9.17, 15) is 0 Å². The second-order valence-electron chi connectivity index (χ2n) is 7.61. The van der Waals surface area contributed by atoms with E-state index >= 15 is 0 Å². The summed E-state index contributed by atoms with van der Waals surface area (Å²) < 4.78 is 10.7. The average molecular weight is 496 g/mol. The van der Waals surface area contributed by atoms with Crippen molar-refractivity contribution in [2.24, 2.45) is 10.9 Å². The van der Waals surface area contributed by atoms with E-state index in [2.05, 4.69) is 20.1 Å². The minimum absolute atomic E-state index is 0. The van der Waals surface area contributed by atoms with Crippen LogP contribution >= 0.6 is 24.0 Å². The minimum Gasteiger partial charge on any atom is -0.382 e. The first kappa shape index (κ1) is 24.9. The summed E-state index contributed by atoms with van der Waals surface area (Å²) in [6, 6.07) is 0. The van der Waals surface area contributed by atoms with Crippen LogP contribution in [-0.4, -0.2) is 89.0 Å². The highest BCUT2D eigenvalue weighted by atomic mass is 127. The number of hydrogen-bond acceptors (Lipinski definition) is 4. The van der Waals surface area contributed by atoms with Gasteiger partial charge in [0.2, 0.25) is 0 Å². The molecule has 6 nitrogen and oxygen atoms in total. The molecule has 0 spiro atoms. The van der Waals surface area contributed by atoms with Crippen LogP contribution in [0.2, 0.25) is 0 Å². The topological polar surface area (TPSA) is 49.3 Å². The van der Waals surface area contributed by atoms with Crippen molar-refractivity contribution in [3.8, 4) is 0 Å². The number of hydrogen-bond donors (Lipinski definition) is 1. The fraction of sp³-hybridized carbons (Fsp3) is 0.950. The molecular weight excluding hydrogens is 455 g/mol. The Morgan fingerprint density at radius 3 is 2.63 bits per heavy atom.